The number of sulfone groups is 1. The molecule has 0 aliphatic carbocycles. The highest BCUT2D eigenvalue weighted by atomic mass is 32.2. The standard InChI is InChI=1S/C22H26F3NO4S/c1-3-15(4-2)21(27)26(18-10-11-31(28,29)14-18)13-19-8-9-20(30-19)16-6-5-7-17(12-16)22(23,24)25/h5-9,12,15,18H,3-4,10-11,13-14H2,1-2H3/t18-/m1/s1. The summed E-state index contributed by atoms with van der Waals surface area (Å²) in [5, 5.41) is 0. The first kappa shape index (κ1) is 23.4. The SMILES string of the molecule is CCC(CC)C(=O)N(Cc1ccc(-c2cccc(C(F)(F)F)c2)o1)[C@@H]1CCS(=O)(=O)C1. The van der Waals surface area contributed by atoms with Crippen LogP contribution in [-0.4, -0.2) is 36.8 Å². The van der Waals surface area contributed by atoms with Gasteiger partial charge in [-0.2, -0.15) is 13.2 Å². The van der Waals surface area contributed by atoms with E-state index in [1.165, 1.54) is 12.1 Å². The van der Waals surface area contributed by atoms with Crippen LogP contribution in [0.4, 0.5) is 13.2 Å². The van der Waals surface area contributed by atoms with Gasteiger partial charge in [0.2, 0.25) is 5.91 Å². The zero-order chi connectivity index (χ0) is 22.8. The molecule has 1 aromatic heterocycles. The van der Waals surface area contributed by atoms with E-state index in [0.717, 1.165) is 12.1 Å². The monoisotopic (exact) mass is 457 g/mol. The van der Waals surface area contributed by atoms with Crippen LogP contribution >= 0.6 is 0 Å². The molecule has 3 rings (SSSR count). The molecular weight excluding hydrogens is 431 g/mol. The Morgan fingerprint density at radius 2 is 1.90 bits per heavy atom. The summed E-state index contributed by atoms with van der Waals surface area (Å²) in [5.74, 6) is 0.273. The van der Waals surface area contributed by atoms with E-state index < -0.39 is 27.6 Å². The quantitative estimate of drug-likeness (QED) is 0.592. The smallest absolute Gasteiger partial charge is 0.416 e. The number of nitrogens with zero attached hydrogens (tertiary/aromatic N) is 1. The van der Waals surface area contributed by atoms with E-state index in [4.69, 9.17) is 4.42 Å². The van der Waals surface area contributed by atoms with Crippen LogP contribution in [0.2, 0.25) is 0 Å². The molecule has 1 aliphatic rings. The van der Waals surface area contributed by atoms with Crippen molar-refractivity contribution in [3.8, 4) is 11.3 Å². The minimum Gasteiger partial charge on any atom is -0.459 e. The highest BCUT2D eigenvalue weighted by Crippen LogP contribution is 2.33. The van der Waals surface area contributed by atoms with Crippen LogP contribution in [0.5, 0.6) is 0 Å². The van der Waals surface area contributed by atoms with Crippen molar-refractivity contribution in [3.05, 3.63) is 47.7 Å². The number of rotatable bonds is 7. The van der Waals surface area contributed by atoms with Crippen LogP contribution in [-0.2, 0) is 27.4 Å². The van der Waals surface area contributed by atoms with Gasteiger partial charge in [-0.1, -0.05) is 26.0 Å². The van der Waals surface area contributed by atoms with E-state index in [2.05, 4.69) is 0 Å². The Balaban J connectivity index is 1.86. The first-order chi connectivity index (χ1) is 14.5. The van der Waals surface area contributed by atoms with Crippen molar-refractivity contribution in [1.82, 2.24) is 4.90 Å². The van der Waals surface area contributed by atoms with Gasteiger partial charge in [0.25, 0.3) is 0 Å². The van der Waals surface area contributed by atoms with E-state index in [1.54, 1.807) is 17.0 Å². The van der Waals surface area contributed by atoms with Crippen LogP contribution in [0.25, 0.3) is 11.3 Å². The van der Waals surface area contributed by atoms with Gasteiger partial charge in [-0.3, -0.25) is 4.79 Å². The molecule has 0 saturated carbocycles. The second-order valence-electron chi connectivity index (χ2n) is 7.88. The number of hydrogen-bond donors (Lipinski definition) is 0. The van der Waals surface area contributed by atoms with E-state index in [-0.39, 0.29) is 41.2 Å². The number of carbonyl (C=O) groups excluding carboxylic acids is 1. The maximum Gasteiger partial charge on any atom is 0.416 e. The number of carbonyl (C=O) groups is 1. The molecule has 1 amide bonds. The van der Waals surface area contributed by atoms with Crippen molar-refractivity contribution in [2.24, 2.45) is 5.92 Å². The number of amides is 1. The van der Waals surface area contributed by atoms with Gasteiger partial charge in [0, 0.05) is 17.5 Å². The fourth-order valence-electron chi connectivity index (χ4n) is 3.92. The number of furan rings is 1. The number of hydrogen-bond acceptors (Lipinski definition) is 4. The Bertz CT molecular complexity index is 1030. The third-order valence-electron chi connectivity index (χ3n) is 5.73. The number of halogens is 3. The molecule has 0 unspecified atom stereocenters. The Morgan fingerprint density at radius 1 is 1.19 bits per heavy atom. The van der Waals surface area contributed by atoms with Gasteiger partial charge in [0.15, 0.2) is 9.84 Å². The topological polar surface area (TPSA) is 67.6 Å². The molecule has 1 atom stereocenters. The summed E-state index contributed by atoms with van der Waals surface area (Å²) in [4.78, 5) is 14.7. The van der Waals surface area contributed by atoms with Crippen molar-refractivity contribution >= 4 is 15.7 Å². The summed E-state index contributed by atoms with van der Waals surface area (Å²) in [7, 11) is -3.19. The van der Waals surface area contributed by atoms with Crippen molar-refractivity contribution in [2.45, 2.75) is 51.9 Å². The Kier molecular flexibility index (Phi) is 6.83. The minimum atomic E-state index is -4.46. The largest absolute Gasteiger partial charge is 0.459 e. The molecule has 31 heavy (non-hydrogen) atoms. The lowest BCUT2D eigenvalue weighted by molar-refractivity contribution is -0.139. The second-order valence-corrected chi connectivity index (χ2v) is 10.1. The molecular formula is C22H26F3NO4S. The Labute approximate surface area is 180 Å². The highest BCUT2D eigenvalue weighted by molar-refractivity contribution is 7.91. The third-order valence-corrected chi connectivity index (χ3v) is 7.48. The van der Waals surface area contributed by atoms with Gasteiger partial charge < -0.3 is 9.32 Å². The lowest BCUT2D eigenvalue weighted by atomic mass is 10.0. The fourth-order valence-corrected chi connectivity index (χ4v) is 5.65. The molecule has 1 aliphatic heterocycles. The van der Waals surface area contributed by atoms with E-state index in [1.807, 2.05) is 13.8 Å². The molecule has 1 saturated heterocycles. The summed E-state index contributed by atoms with van der Waals surface area (Å²) < 4.78 is 68.7. The summed E-state index contributed by atoms with van der Waals surface area (Å²) in [6.45, 7) is 3.90. The third kappa shape index (κ3) is 5.50. The Morgan fingerprint density at radius 3 is 2.48 bits per heavy atom. The van der Waals surface area contributed by atoms with Crippen molar-refractivity contribution < 1.29 is 30.8 Å². The normalized spacial score (nSPS) is 18.5. The minimum absolute atomic E-state index is 0.0397. The molecule has 0 spiro atoms. The van der Waals surface area contributed by atoms with Gasteiger partial charge in [-0.05, 0) is 43.5 Å². The molecule has 5 nitrogen and oxygen atoms in total. The van der Waals surface area contributed by atoms with Gasteiger partial charge in [0.1, 0.15) is 11.5 Å². The van der Waals surface area contributed by atoms with Crippen LogP contribution in [0.3, 0.4) is 0 Å². The van der Waals surface area contributed by atoms with E-state index in [9.17, 15) is 26.4 Å². The predicted molar refractivity (Wildman–Crippen MR) is 111 cm³/mol. The van der Waals surface area contributed by atoms with Gasteiger partial charge in [-0.15, -0.1) is 0 Å². The molecule has 2 aromatic rings. The number of benzene rings is 1. The molecule has 0 radical (unpaired) electrons. The average Bonchev–Trinajstić information content (AvgIpc) is 3.32. The predicted octanol–water partition coefficient (Wildman–Crippen LogP) is 4.92. The van der Waals surface area contributed by atoms with Crippen molar-refractivity contribution in [3.63, 3.8) is 0 Å². The fraction of sp³-hybridized carbons (Fsp3) is 0.500. The summed E-state index contributed by atoms with van der Waals surface area (Å²) in [6, 6.07) is 7.59. The lowest BCUT2D eigenvalue weighted by Gasteiger charge is -2.30. The van der Waals surface area contributed by atoms with Gasteiger partial charge >= 0.3 is 6.18 Å². The summed E-state index contributed by atoms with van der Waals surface area (Å²) in [6.07, 6.45) is -2.81. The van der Waals surface area contributed by atoms with E-state index >= 15 is 0 Å². The summed E-state index contributed by atoms with van der Waals surface area (Å²) in [5.41, 5.74) is -0.493. The van der Waals surface area contributed by atoms with Gasteiger partial charge in [0.05, 0.1) is 23.6 Å². The lowest BCUT2D eigenvalue weighted by Crippen LogP contribution is -2.43. The van der Waals surface area contributed by atoms with E-state index in [0.29, 0.717) is 25.0 Å². The highest BCUT2D eigenvalue weighted by Gasteiger charge is 2.37. The second kappa shape index (κ2) is 9.06. The van der Waals surface area contributed by atoms with Gasteiger partial charge in [-0.25, -0.2) is 8.42 Å². The van der Waals surface area contributed by atoms with Crippen LogP contribution < -0.4 is 0 Å². The maximum absolute atomic E-state index is 13.1. The van der Waals surface area contributed by atoms with Crippen LogP contribution in [0.1, 0.15) is 44.4 Å². The first-order valence-corrected chi connectivity index (χ1v) is 12.1. The van der Waals surface area contributed by atoms with Crippen molar-refractivity contribution in [2.75, 3.05) is 11.5 Å². The van der Waals surface area contributed by atoms with Crippen molar-refractivity contribution in [1.29, 1.82) is 0 Å². The Hall–Kier alpha value is -2.29. The maximum atomic E-state index is 13.1. The molecule has 0 N–H and O–H groups in total. The molecule has 9 heteroatoms. The molecule has 170 valence electrons. The molecule has 0 bridgehead atoms. The first-order valence-electron chi connectivity index (χ1n) is 10.3. The molecule has 2 heterocycles. The number of alkyl halides is 3. The zero-order valence-electron chi connectivity index (χ0n) is 17.5. The molecule has 1 aromatic carbocycles. The zero-order valence-corrected chi connectivity index (χ0v) is 18.3. The average molecular weight is 458 g/mol. The molecule has 1 fully saturated rings. The van der Waals surface area contributed by atoms with Crippen LogP contribution in [0, 0.1) is 5.92 Å². The summed E-state index contributed by atoms with van der Waals surface area (Å²) >= 11 is 0. The van der Waals surface area contributed by atoms with Crippen LogP contribution in [0.15, 0.2) is 40.8 Å².